The molecule has 2 amide bonds. The first kappa shape index (κ1) is 13.5. The van der Waals surface area contributed by atoms with Gasteiger partial charge in [0.15, 0.2) is 6.29 Å². The summed E-state index contributed by atoms with van der Waals surface area (Å²) in [6.45, 7) is 1.29. The molecule has 0 atom stereocenters. The minimum atomic E-state index is -0.532. The largest absolute Gasteiger partial charge is 0.399 e. The van der Waals surface area contributed by atoms with Crippen molar-refractivity contribution in [2.45, 2.75) is 6.92 Å². The van der Waals surface area contributed by atoms with Crippen LogP contribution in [0.25, 0.3) is 0 Å². The molecule has 2 aromatic rings. The number of nitrogens with zero attached hydrogens (tertiary/aromatic N) is 1. The summed E-state index contributed by atoms with van der Waals surface area (Å²) in [5.41, 5.74) is 6.97. The van der Waals surface area contributed by atoms with Crippen LogP contribution in [-0.2, 0) is 4.79 Å². The molecule has 2 rings (SSSR count). The molecule has 1 aromatic carbocycles. The van der Waals surface area contributed by atoms with Gasteiger partial charge in [-0.05, 0) is 36.4 Å². The van der Waals surface area contributed by atoms with Crippen molar-refractivity contribution in [1.82, 2.24) is 4.98 Å². The van der Waals surface area contributed by atoms with E-state index in [1.54, 1.807) is 24.3 Å². The number of nitrogens with one attached hydrogen (secondary N) is 1. The van der Waals surface area contributed by atoms with E-state index in [1.165, 1.54) is 19.1 Å². The van der Waals surface area contributed by atoms with Crippen LogP contribution in [0.15, 0.2) is 36.4 Å². The predicted octanol–water partition coefficient (Wildman–Crippen LogP) is 1.60. The van der Waals surface area contributed by atoms with E-state index in [2.05, 4.69) is 4.98 Å². The fraction of sp³-hybridized carbons (Fsp3) is 0.0714. The van der Waals surface area contributed by atoms with Crippen LogP contribution in [0.2, 0.25) is 0 Å². The van der Waals surface area contributed by atoms with E-state index in [4.69, 9.17) is 5.73 Å². The minimum absolute atomic E-state index is 0.166. The fourth-order valence-electron chi connectivity index (χ4n) is 1.79. The average Bonchev–Trinajstić information content (AvgIpc) is 2.89. The molecule has 0 aliphatic heterocycles. The van der Waals surface area contributed by atoms with Crippen LogP contribution in [0.5, 0.6) is 0 Å². The van der Waals surface area contributed by atoms with Crippen LogP contribution < -0.4 is 10.6 Å². The summed E-state index contributed by atoms with van der Waals surface area (Å²) in [5.74, 6) is -0.961. The molecule has 0 bridgehead atoms. The van der Waals surface area contributed by atoms with Gasteiger partial charge < -0.3 is 10.7 Å². The van der Waals surface area contributed by atoms with Gasteiger partial charge in [0.25, 0.3) is 5.91 Å². The third kappa shape index (κ3) is 2.59. The molecule has 6 nitrogen and oxygen atoms in total. The maximum atomic E-state index is 12.3. The van der Waals surface area contributed by atoms with Gasteiger partial charge in [0, 0.05) is 12.6 Å². The Kier molecular flexibility index (Phi) is 3.65. The Morgan fingerprint density at radius 1 is 1.15 bits per heavy atom. The van der Waals surface area contributed by atoms with Crippen LogP contribution >= 0.6 is 0 Å². The van der Waals surface area contributed by atoms with Crippen LogP contribution in [0, 0.1) is 0 Å². The molecule has 0 aliphatic carbocycles. The third-order valence-electron chi connectivity index (χ3n) is 2.74. The average molecular weight is 271 g/mol. The molecule has 1 heterocycles. The van der Waals surface area contributed by atoms with E-state index in [-0.39, 0.29) is 11.4 Å². The van der Waals surface area contributed by atoms with Gasteiger partial charge in [-0.1, -0.05) is 0 Å². The molecule has 6 heteroatoms. The van der Waals surface area contributed by atoms with E-state index in [0.717, 1.165) is 4.90 Å². The smallest absolute Gasteiger partial charge is 0.281 e. The second kappa shape index (κ2) is 5.40. The van der Waals surface area contributed by atoms with Crippen molar-refractivity contribution in [1.29, 1.82) is 0 Å². The summed E-state index contributed by atoms with van der Waals surface area (Å²) < 4.78 is 0. The van der Waals surface area contributed by atoms with Crippen molar-refractivity contribution in [3.8, 4) is 0 Å². The number of carbonyl (C=O) groups is 3. The number of aromatic amines is 1. The van der Waals surface area contributed by atoms with Gasteiger partial charge in [-0.25, -0.2) is 4.90 Å². The molecule has 20 heavy (non-hydrogen) atoms. The topological polar surface area (TPSA) is 96.3 Å². The van der Waals surface area contributed by atoms with Crippen molar-refractivity contribution in [3.63, 3.8) is 0 Å². The zero-order valence-electron chi connectivity index (χ0n) is 10.8. The maximum Gasteiger partial charge on any atom is 0.281 e. The molecule has 3 N–H and O–H groups in total. The number of aldehydes is 1. The number of amides is 2. The summed E-state index contributed by atoms with van der Waals surface area (Å²) in [4.78, 5) is 38.3. The zero-order chi connectivity index (χ0) is 14.7. The van der Waals surface area contributed by atoms with Crippen molar-refractivity contribution < 1.29 is 14.4 Å². The van der Waals surface area contributed by atoms with Crippen molar-refractivity contribution in [2.75, 3.05) is 10.6 Å². The van der Waals surface area contributed by atoms with Gasteiger partial charge in [0.2, 0.25) is 5.91 Å². The highest BCUT2D eigenvalue weighted by Crippen LogP contribution is 2.19. The molecule has 0 fully saturated rings. The summed E-state index contributed by atoms with van der Waals surface area (Å²) in [7, 11) is 0. The Bertz CT molecular complexity index is 659. The number of nitrogen functional groups attached to an aromatic ring is 1. The van der Waals surface area contributed by atoms with Gasteiger partial charge in [-0.3, -0.25) is 14.4 Å². The molecular weight excluding hydrogens is 258 g/mol. The Balaban J connectivity index is 2.38. The van der Waals surface area contributed by atoms with Crippen LogP contribution in [0.1, 0.15) is 27.9 Å². The lowest BCUT2D eigenvalue weighted by Crippen LogP contribution is -2.35. The standard InChI is InChI=1S/C14H13N3O3/c1-9(19)17(12-5-2-10(15)3-6-12)14(20)13-7-4-11(8-18)16-13/h2-8,16H,15H2,1H3. The number of H-pyrrole nitrogens is 1. The number of carbonyl (C=O) groups excluding carboxylic acids is 3. The highest BCUT2D eigenvalue weighted by Gasteiger charge is 2.22. The molecule has 0 saturated carbocycles. The summed E-state index contributed by atoms with van der Waals surface area (Å²) in [6, 6.07) is 9.30. The predicted molar refractivity (Wildman–Crippen MR) is 74.5 cm³/mol. The Labute approximate surface area is 115 Å². The van der Waals surface area contributed by atoms with Crippen molar-refractivity contribution >= 4 is 29.5 Å². The number of anilines is 2. The minimum Gasteiger partial charge on any atom is -0.399 e. The monoisotopic (exact) mass is 271 g/mol. The van der Waals surface area contributed by atoms with Gasteiger partial charge in [-0.2, -0.15) is 0 Å². The van der Waals surface area contributed by atoms with E-state index in [9.17, 15) is 14.4 Å². The zero-order valence-corrected chi connectivity index (χ0v) is 10.8. The Hall–Kier alpha value is -2.89. The van der Waals surface area contributed by atoms with E-state index in [1.807, 2.05) is 0 Å². The normalized spacial score (nSPS) is 10.1. The Morgan fingerprint density at radius 3 is 2.30 bits per heavy atom. The number of benzene rings is 1. The number of nitrogens with two attached hydrogens (primary N) is 1. The quantitative estimate of drug-likeness (QED) is 0.654. The highest BCUT2D eigenvalue weighted by molar-refractivity contribution is 6.20. The Morgan fingerprint density at radius 2 is 1.80 bits per heavy atom. The maximum absolute atomic E-state index is 12.3. The first-order valence-electron chi connectivity index (χ1n) is 5.87. The van der Waals surface area contributed by atoms with E-state index in [0.29, 0.717) is 17.7 Å². The fourth-order valence-corrected chi connectivity index (χ4v) is 1.79. The molecule has 0 unspecified atom stereocenters. The van der Waals surface area contributed by atoms with Gasteiger partial charge in [-0.15, -0.1) is 0 Å². The number of hydrogen-bond acceptors (Lipinski definition) is 4. The third-order valence-corrected chi connectivity index (χ3v) is 2.74. The van der Waals surface area contributed by atoms with Gasteiger partial charge in [0.1, 0.15) is 5.69 Å². The lowest BCUT2D eigenvalue weighted by Gasteiger charge is -2.18. The van der Waals surface area contributed by atoms with E-state index < -0.39 is 11.8 Å². The molecule has 0 radical (unpaired) electrons. The van der Waals surface area contributed by atoms with Crippen molar-refractivity contribution in [3.05, 3.63) is 47.8 Å². The van der Waals surface area contributed by atoms with Gasteiger partial charge in [0.05, 0.1) is 11.4 Å². The van der Waals surface area contributed by atoms with Crippen molar-refractivity contribution in [2.24, 2.45) is 0 Å². The lowest BCUT2D eigenvalue weighted by atomic mass is 10.2. The first-order chi connectivity index (χ1) is 9.52. The molecule has 0 aliphatic rings. The highest BCUT2D eigenvalue weighted by atomic mass is 16.2. The van der Waals surface area contributed by atoms with E-state index >= 15 is 0 Å². The molecule has 102 valence electrons. The molecule has 1 aromatic heterocycles. The lowest BCUT2D eigenvalue weighted by molar-refractivity contribution is -0.115. The summed E-state index contributed by atoms with van der Waals surface area (Å²) in [6.07, 6.45) is 0.595. The van der Waals surface area contributed by atoms with Crippen LogP contribution in [-0.4, -0.2) is 23.1 Å². The second-order valence-electron chi connectivity index (χ2n) is 4.20. The molecule has 0 saturated heterocycles. The number of hydrogen-bond donors (Lipinski definition) is 2. The number of aromatic nitrogens is 1. The summed E-state index contributed by atoms with van der Waals surface area (Å²) >= 11 is 0. The van der Waals surface area contributed by atoms with Gasteiger partial charge >= 0.3 is 0 Å². The molecular formula is C14H13N3O3. The SMILES string of the molecule is CC(=O)N(C(=O)c1ccc(C=O)[nH]1)c1ccc(N)cc1. The number of rotatable bonds is 3. The second-order valence-corrected chi connectivity index (χ2v) is 4.20. The summed E-state index contributed by atoms with van der Waals surface area (Å²) in [5, 5.41) is 0. The molecule has 0 spiro atoms. The first-order valence-corrected chi connectivity index (χ1v) is 5.87. The number of imide groups is 1. The van der Waals surface area contributed by atoms with Crippen LogP contribution in [0.3, 0.4) is 0 Å². The van der Waals surface area contributed by atoms with Crippen LogP contribution in [0.4, 0.5) is 11.4 Å².